The Balaban J connectivity index is 1.70. The molecule has 7 nitrogen and oxygen atoms in total. The van der Waals surface area contributed by atoms with E-state index >= 15 is 0 Å². The summed E-state index contributed by atoms with van der Waals surface area (Å²) in [6.45, 7) is 2.69. The van der Waals surface area contributed by atoms with E-state index in [0.717, 1.165) is 11.0 Å². The van der Waals surface area contributed by atoms with Gasteiger partial charge in [-0.3, -0.25) is 9.59 Å². The van der Waals surface area contributed by atoms with Gasteiger partial charge in [0.05, 0.1) is 12.5 Å². The fraction of sp³-hybridized carbons (Fsp3) is 0.714. The predicted octanol–water partition coefficient (Wildman–Crippen LogP) is 0.898. The molecule has 1 fully saturated rings. The quantitative estimate of drug-likeness (QED) is 0.758. The Kier molecular flexibility index (Phi) is 4.22. The molecular weight excluding hydrogens is 327 g/mol. The van der Waals surface area contributed by atoms with Crippen LogP contribution in [0.3, 0.4) is 0 Å². The van der Waals surface area contributed by atoms with Gasteiger partial charge in [0.2, 0.25) is 17.6 Å². The van der Waals surface area contributed by atoms with Gasteiger partial charge in [-0.2, -0.15) is 13.2 Å². The van der Waals surface area contributed by atoms with Crippen LogP contribution in [0.2, 0.25) is 0 Å². The van der Waals surface area contributed by atoms with Gasteiger partial charge in [-0.15, -0.1) is 10.2 Å². The highest BCUT2D eigenvalue weighted by Crippen LogP contribution is 2.30. The topological polar surface area (TPSA) is 71.3 Å². The van der Waals surface area contributed by atoms with Crippen LogP contribution in [0.25, 0.3) is 0 Å². The summed E-state index contributed by atoms with van der Waals surface area (Å²) >= 11 is 0. The van der Waals surface area contributed by atoms with E-state index in [-0.39, 0.29) is 43.2 Å². The molecule has 3 rings (SSSR count). The molecule has 1 unspecified atom stereocenters. The van der Waals surface area contributed by atoms with Crippen LogP contribution in [0.4, 0.5) is 13.2 Å². The number of nitrogens with zero attached hydrogens (tertiary/aromatic N) is 5. The Labute approximate surface area is 136 Å². The average molecular weight is 345 g/mol. The van der Waals surface area contributed by atoms with E-state index in [9.17, 15) is 22.8 Å². The molecule has 1 aromatic heterocycles. The maximum absolute atomic E-state index is 12.8. The molecule has 24 heavy (non-hydrogen) atoms. The molecule has 0 N–H and O–H groups in total. The van der Waals surface area contributed by atoms with Crippen molar-refractivity contribution in [3.8, 4) is 0 Å². The van der Waals surface area contributed by atoms with Crippen molar-refractivity contribution in [2.45, 2.75) is 39.0 Å². The first-order valence-electron chi connectivity index (χ1n) is 7.81. The summed E-state index contributed by atoms with van der Waals surface area (Å²) in [6, 6.07) is 0. The van der Waals surface area contributed by atoms with Crippen molar-refractivity contribution in [3.05, 3.63) is 11.6 Å². The molecule has 10 heteroatoms. The highest BCUT2D eigenvalue weighted by atomic mass is 19.4. The van der Waals surface area contributed by atoms with Gasteiger partial charge in [0.25, 0.3) is 0 Å². The van der Waals surface area contributed by atoms with Crippen molar-refractivity contribution in [2.75, 3.05) is 19.6 Å². The molecule has 2 amide bonds. The van der Waals surface area contributed by atoms with E-state index < -0.39 is 12.0 Å². The van der Waals surface area contributed by atoms with Crippen molar-refractivity contribution in [1.29, 1.82) is 0 Å². The number of alkyl halides is 3. The molecule has 0 saturated carbocycles. The van der Waals surface area contributed by atoms with Crippen LogP contribution >= 0.6 is 0 Å². The van der Waals surface area contributed by atoms with Crippen LogP contribution in [-0.2, 0) is 28.9 Å². The lowest BCUT2D eigenvalue weighted by molar-refractivity contribution is -0.148. The SMILES string of the molecule is CC(=O)N1CCCC(C(=O)N2CCn3c(nnc3C(F)(F)F)C2)C1. The third-order valence-corrected chi connectivity index (χ3v) is 4.53. The van der Waals surface area contributed by atoms with Gasteiger partial charge < -0.3 is 14.4 Å². The minimum absolute atomic E-state index is 0.0124. The monoisotopic (exact) mass is 345 g/mol. The Hall–Kier alpha value is -2.13. The summed E-state index contributed by atoms with van der Waals surface area (Å²) in [5.74, 6) is -1.39. The van der Waals surface area contributed by atoms with Crippen molar-refractivity contribution in [2.24, 2.45) is 5.92 Å². The van der Waals surface area contributed by atoms with E-state index in [1.807, 2.05) is 0 Å². The minimum Gasteiger partial charge on any atom is -0.342 e. The van der Waals surface area contributed by atoms with Crippen LogP contribution in [-0.4, -0.2) is 56.0 Å². The lowest BCUT2D eigenvalue weighted by Crippen LogP contribution is -2.48. The second-order valence-electron chi connectivity index (χ2n) is 6.15. The standard InChI is InChI=1S/C14H18F3N5O2/c1-9(23)20-4-2-3-10(7-20)12(24)21-5-6-22-11(8-21)18-19-13(22)14(15,16)17/h10H,2-8H2,1H3. The average Bonchev–Trinajstić information content (AvgIpc) is 2.97. The van der Waals surface area contributed by atoms with Crippen molar-refractivity contribution in [1.82, 2.24) is 24.6 Å². The van der Waals surface area contributed by atoms with Gasteiger partial charge in [-0.05, 0) is 12.8 Å². The maximum atomic E-state index is 12.8. The number of rotatable bonds is 1. The first-order valence-corrected chi connectivity index (χ1v) is 7.81. The van der Waals surface area contributed by atoms with E-state index in [2.05, 4.69) is 10.2 Å². The highest BCUT2D eigenvalue weighted by molar-refractivity contribution is 5.80. The van der Waals surface area contributed by atoms with Gasteiger partial charge in [0, 0.05) is 33.1 Å². The fourth-order valence-electron chi connectivity index (χ4n) is 3.28. The minimum atomic E-state index is -4.55. The molecular formula is C14H18F3N5O2. The van der Waals surface area contributed by atoms with Gasteiger partial charge >= 0.3 is 6.18 Å². The summed E-state index contributed by atoms with van der Waals surface area (Å²) < 4.78 is 39.5. The number of hydrogen-bond donors (Lipinski definition) is 0. The Morgan fingerprint density at radius 3 is 2.54 bits per heavy atom. The number of piperidine rings is 1. The van der Waals surface area contributed by atoms with Crippen LogP contribution in [0.5, 0.6) is 0 Å². The number of carbonyl (C=O) groups is 2. The number of hydrogen-bond acceptors (Lipinski definition) is 4. The van der Waals surface area contributed by atoms with Crippen LogP contribution in [0, 0.1) is 5.92 Å². The molecule has 0 radical (unpaired) electrons. The molecule has 132 valence electrons. The second-order valence-corrected chi connectivity index (χ2v) is 6.15. The number of amides is 2. The number of halogens is 3. The molecule has 2 aliphatic rings. The number of likely N-dealkylation sites (tertiary alicyclic amines) is 1. The number of carbonyl (C=O) groups excluding carboxylic acids is 2. The van der Waals surface area contributed by atoms with Gasteiger partial charge in [-0.25, -0.2) is 0 Å². The normalized spacial score (nSPS) is 21.6. The molecule has 1 atom stereocenters. The van der Waals surface area contributed by atoms with Crippen LogP contribution in [0.1, 0.15) is 31.4 Å². The second kappa shape index (κ2) is 6.06. The fourth-order valence-corrected chi connectivity index (χ4v) is 3.28. The summed E-state index contributed by atoms with van der Waals surface area (Å²) in [5.41, 5.74) is 0. The van der Waals surface area contributed by atoms with E-state index in [1.165, 1.54) is 11.8 Å². The van der Waals surface area contributed by atoms with Gasteiger partial charge in [0.15, 0.2) is 5.82 Å². The van der Waals surface area contributed by atoms with Crippen molar-refractivity contribution >= 4 is 11.8 Å². The zero-order chi connectivity index (χ0) is 17.5. The first-order chi connectivity index (χ1) is 11.3. The van der Waals surface area contributed by atoms with E-state index in [1.54, 1.807) is 4.90 Å². The van der Waals surface area contributed by atoms with Crippen LogP contribution in [0.15, 0.2) is 0 Å². The summed E-state index contributed by atoms with van der Waals surface area (Å²) in [5, 5.41) is 6.79. The molecule has 0 bridgehead atoms. The Morgan fingerprint density at radius 1 is 1.12 bits per heavy atom. The largest absolute Gasteiger partial charge is 0.451 e. The molecule has 3 heterocycles. The molecule has 0 aromatic carbocycles. The van der Waals surface area contributed by atoms with E-state index in [0.29, 0.717) is 19.5 Å². The molecule has 1 saturated heterocycles. The lowest BCUT2D eigenvalue weighted by atomic mass is 9.96. The Morgan fingerprint density at radius 2 is 1.88 bits per heavy atom. The zero-order valence-electron chi connectivity index (χ0n) is 13.2. The van der Waals surface area contributed by atoms with Crippen LogP contribution < -0.4 is 0 Å². The molecule has 2 aliphatic heterocycles. The summed E-state index contributed by atoms with van der Waals surface area (Å²) in [7, 11) is 0. The summed E-state index contributed by atoms with van der Waals surface area (Å²) in [6.07, 6.45) is -3.12. The molecule has 0 aliphatic carbocycles. The van der Waals surface area contributed by atoms with E-state index in [4.69, 9.17) is 0 Å². The molecule has 0 spiro atoms. The predicted molar refractivity (Wildman–Crippen MR) is 75.4 cm³/mol. The number of fused-ring (bicyclic) bond motifs is 1. The van der Waals surface area contributed by atoms with Crippen molar-refractivity contribution < 1.29 is 22.8 Å². The third-order valence-electron chi connectivity index (χ3n) is 4.53. The molecule has 1 aromatic rings. The summed E-state index contributed by atoms with van der Waals surface area (Å²) in [4.78, 5) is 27.3. The third kappa shape index (κ3) is 3.09. The first kappa shape index (κ1) is 16.7. The zero-order valence-corrected chi connectivity index (χ0v) is 13.2. The van der Waals surface area contributed by atoms with Gasteiger partial charge in [-0.1, -0.05) is 0 Å². The lowest BCUT2D eigenvalue weighted by Gasteiger charge is -2.36. The smallest absolute Gasteiger partial charge is 0.342 e. The number of aromatic nitrogens is 3. The van der Waals surface area contributed by atoms with Crippen molar-refractivity contribution in [3.63, 3.8) is 0 Å². The highest BCUT2D eigenvalue weighted by Gasteiger charge is 2.40. The maximum Gasteiger partial charge on any atom is 0.451 e. The Bertz CT molecular complexity index is 657. The van der Waals surface area contributed by atoms with Gasteiger partial charge in [0.1, 0.15) is 0 Å².